The van der Waals surface area contributed by atoms with E-state index in [1.807, 2.05) is 6.07 Å². The lowest BCUT2D eigenvalue weighted by molar-refractivity contribution is 0.0991. The predicted molar refractivity (Wildman–Crippen MR) is 96.4 cm³/mol. The highest BCUT2D eigenvalue weighted by Gasteiger charge is 2.29. The Morgan fingerprint density at radius 2 is 1.96 bits per heavy atom. The molecule has 0 unspecified atom stereocenters. The van der Waals surface area contributed by atoms with Crippen LogP contribution in [0, 0.1) is 0 Å². The maximum atomic E-state index is 12.6. The number of nitrogens with one attached hydrogen (secondary N) is 1. The van der Waals surface area contributed by atoms with Crippen LogP contribution in [0.15, 0.2) is 45.9 Å². The summed E-state index contributed by atoms with van der Waals surface area (Å²) >= 11 is 0. The second-order valence-corrected chi connectivity index (χ2v) is 8.04. The summed E-state index contributed by atoms with van der Waals surface area (Å²) in [5.41, 5.74) is 1.50. The van der Waals surface area contributed by atoms with E-state index in [1.54, 1.807) is 25.3 Å². The Kier molecular flexibility index (Phi) is 5.75. The molecule has 1 aromatic carbocycles. The number of hydrogen-bond donors (Lipinski definition) is 1. The van der Waals surface area contributed by atoms with E-state index < -0.39 is 15.9 Å². The molecule has 1 saturated heterocycles. The number of furan rings is 1. The van der Waals surface area contributed by atoms with Gasteiger partial charge in [0.25, 0.3) is 15.9 Å². The minimum absolute atomic E-state index is 0.0438. The van der Waals surface area contributed by atoms with Crippen molar-refractivity contribution in [2.24, 2.45) is 0 Å². The first-order valence-electron chi connectivity index (χ1n) is 8.50. The van der Waals surface area contributed by atoms with Crippen molar-refractivity contribution in [2.75, 3.05) is 25.5 Å². The Morgan fingerprint density at radius 1 is 1.19 bits per heavy atom. The van der Waals surface area contributed by atoms with Gasteiger partial charge in [0.15, 0.2) is 5.76 Å². The molecule has 0 aliphatic carbocycles. The SMILES string of the molecule is COCc1cccc(NC(=O)c2ccc(S(=O)(=O)N3CCCCC3)o2)c1. The lowest BCUT2D eigenvalue weighted by atomic mass is 10.2. The number of carbonyl (C=O) groups is 1. The summed E-state index contributed by atoms with van der Waals surface area (Å²) in [5.74, 6) is -0.544. The molecule has 0 radical (unpaired) electrons. The number of amides is 1. The van der Waals surface area contributed by atoms with E-state index in [1.165, 1.54) is 16.4 Å². The Balaban J connectivity index is 1.72. The highest BCUT2D eigenvalue weighted by atomic mass is 32.2. The quantitative estimate of drug-likeness (QED) is 0.835. The maximum absolute atomic E-state index is 12.6. The third-order valence-corrected chi connectivity index (χ3v) is 5.98. The number of benzene rings is 1. The summed E-state index contributed by atoms with van der Waals surface area (Å²) in [5, 5.41) is 2.51. The second-order valence-electron chi connectivity index (χ2n) is 6.17. The van der Waals surface area contributed by atoms with Crippen molar-refractivity contribution in [1.29, 1.82) is 0 Å². The number of rotatable bonds is 6. The van der Waals surface area contributed by atoms with Gasteiger partial charge in [0.2, 0.25) is 5.09 Å². The first-order chi connectivity index (χ1) is 12.5. The summed E-state index contributed by atoms with van der Waals surface area (Å²) in [6.07, 6.45) is 2.70. The molecule has 26 heavy (non-hydrogen) atoms. The molecule has 3 rings (SSSR count). The monoisotopic (exact) mass is 378 g/mol. The molecule has 2 heterocycles. The first-order valence-corrected chi connectivity index (χ1v) is 9.94. The molecule has 1 aliphatic rings. The topological polar surface area (TPSA) is 88.8 Å². The van der Waals surface area contributed by atoms with Gasteiger partial charge in [-0.15, -0.1) is 0 Å². The molecule has 140 valence electrons. The Bertz CT molecular complexity index is 869. The second kappa shape index (κ2) is 8.03. The maximum Gasteiger partial charge on any atom is 0.291 e. The third kappa shape index (κ3) is 4.14. The molecule has 1 amide bonds. The zero-order valence-corrected chi connectivity index (χ0v) is 15.4. The van der Waals surface area contributed by atoms with Crippen molar-refractivity contribution in [3.05, 3.63) is 47.7 Å². The van der Waals surface area contributed by atoms with Crippen LogP contribution in [0.2, 0.25) is 0 Å². The molecule has 2 aromatic rings. The summed E-state index contributed by atoms with van der Waals surface area (Å²) < 4.78 is 37.0. The summed E-state index contributed by atoms with van der Waals surface area (Å²) in [6, 6.07) is 9.93. The Labute approximate surface area is 153 Å². The van der Waals surface area contributed by atoms with E-state index in [2.05, 4.69) is 5.32 Å². The van der Waals surface area contributed by atoms with Gasteiger partial charge in [0.1, 0.15) is 0 Å². The van der Waals surface area contributed by atoms with Gasteiger partial charge >= 0.3 is 0 Å². The van der Waals surface area contributed by atoms with Gasteiger partial charge in [-0.25, -0.2) is 8.42 Å². The summed E-state index contributed by atoms with van der Waals surface area (Å²) in [6.45, 7) is 1.40. The average Bonchev–Trinajstić information content (AvgIpc) is 3.14. The fraction of sp³-hybridized carbons (Fsp3) is 0.389. The fourth-order valence-electron chi connectivity index (χ4n) is 2.91. The number of anilines is 1. The van der Waals surface area contributed by atoms with Gasteiger partial charge in [0.05, 0.1) is 6.61 Å². The smallest absolute Gasteiger partial charge is 0.291 e. The largest absolute Gasteiger partial charge is 0.438 e. The van der Waals surface area contributed by atoms with Gasteiger partial charge in [-0.1, -0.05) is 18.6 Å². The van der Waals surface area contributed by atoms with Gasteiger partial charge in [-0.2, -0.15) is 4.31 Å². The molecule has 0 spiro atoms. The van der Waals surface area contributed by atoms with E-state index in [0.29, 0.717) is 25.4 Å². The van der Waals surface area contributed by atoms with Gasteiger partial charge < -0.3 is 14.5 Å². The van der Waals surface area contributed by atoms with Crippen molar-refractivity contribution in [2.45, 2.75) is 31.0 Å². The number of sulfonamides is 1. The average molecular weight is 378 g/mol. The molecule has 0 bridgehead atoms. The van der Waals surface area contributed by atoms with E-state index in [4.69, 9.17) is 9.15 Å². The summed E-state index contributed by atoms with van der Waals surface area (Å²) in [4.78, 5) is 12.4. The number of methoxy groups -OCH3 is 1. The molecule has 7 nitrogen and oxygen atoms in total. The van der Waals surface area contributed by atoms with E-state index >= 15 is 0 Å². The molecule has 1 N–H and O–H groups in total. The van der Waals surface area contributed by atoms with E-state index in [0.717, 1.165) is 24.8 Å². The van der Waals surface area contributed by atoms with Crippen LogP contribution in [0.25, 0.3) is 0 Å². The third-order valence-electron chi connectivity index (χ3n) is 4.21. The highest BCUT2D eigenvalue weighted by molar-refractivity contribution is 7.89. The Hall–Kier alpha value is -2.16. The highest BCUT2D eigenvalue weighted by Crippen LogP contribution is 2.23. The normalized spacial score (nSPS) is 15.7. The summed E-state index contributed by atoms with van der Waals surface area (Å²) in [7, 11) is -2.10. The van der Waals surface area contributed by atoms with Crippen LogP contribution in [-0.4, -0.2) is 38.8 Å². The standard InChI is InChI=1S/C18H22N2O5S/c1-24-13-14-6-5-7-15(12-14)19-18(21)16-8-9-17(25-16)26(22,23)20-10-3-2-4-11-20/h5-9,12H,2-4,10-11,13H2,1H3,(H,19,21). The molecular weight excluding hydrogens is 356 g/mol. The van der Waals surface area contributed by atoms with Crippen LogP contribution in [0.1, 0.15) is 35.4 Å². The Morgan fingerprint density at radius 3 is 2.69 bits per heavy atom. The van der Waals surface area contributed by atoms with Crippen LogP contribution in [0.4, 0.5) is 5.69 Å². The van der Waals surface area contributed by atoms with E-state index in [9.17, 15) is 13.2 Å². The molecule has 0 atom stereocenters. The number of piperidine rings is 1. The molecule has 8 heteroatoms. The van der Waals surface area contributed by atoms with Gasteiger partial charge in [0, 0.05) is 25.9 Å². The number of nitrogens with zero attached hydrogens (tertiary/aromatic N) is 1. The van der Waals surface area contributed by atoms with Crippen molar-refractivity contribution < 1.29 is 22.4 Å². The minimum atomic E-state index is -3.69. The zero-order chi connectivity index (χ0) is 18.6. The van der Waals surface area contributed by atoms with Gasteiger partial charge in [-0.05, 0) is 42.7 Å². The molecule has 1 aliphatic heterocycles. The van der Waals surface area contributed by atoms with Crippen LogP contribution < -0.4 is 5.32 Å². The van der Waals surface area contributed by atoms with Crippen molar-refractivity contribution >= 4 is 21.6 Å². The zero-order valence-electron chi connectivity index (χ0n) is 14.6. The van der Waals surface area contributed by atoms with Crippen LogP contribution in [-0.2, 0) is 21.4 Å². The van der Waals surface area contributed by atoms with Crippen LogP contribution in [0.5, 0.6) is 0 Å². The van der Waals surface area contributed by atoms with Gasteiger partial charge in [-0.3, -0.25) is 4.79 Å². The van der Waals surface area contributed by atoms with E-state index in [-0.39, 0.29) is 10.9 Å². The van der Waals surface area contributed by atoms with Crippen LogP contribution >= 0.6 is 0 Å². The van der Waals surface area contributed by atoms with Crippen molar-refractivity contribution in [3.8, 4) is 0 Å². The predicted octanol–water partition coefficient (Wildman–Crippen LogP) is 2.85. The number of carbonyl (C=O) groups excluding carboxylic acids is 1. The molecule has 0 saturated carbocycles. The number of hydrogen-bond acceptors (Lipinski definition) is 5. The molecule has 1 aromatic heterocycles. The minimum Gasteiger partial charge on any atom is -0.438 e. The van der Waals surface area contributed by atoms with Crippen molar-refractivity contribution in [1.82, 2.24) is 4.31 Å². The number of ether oxygens (including phenoxy) is 1. The van der Waals surface area contributed by atoms with Crippen LogP contribution in [0.3, 0.4) is 0 Å². The molecule has 1 fully saturated rings. The fourth-order valence-corrected chi connectivity index (χ4v) is 4.34. The lowest BCUT2D eigenvalue weighted by Crippen LogP contribution is -2.35. The van der Waals surface area contributed by atoms with Crippen molar-refractivity contribution in [3.63, 3.8) is 0 Å². The first kappa shape index (κ1) is 18.6. The lowest BCUT2D eigenvalue weighted by Gasteiger charge is -2.24. The molecular formula is C18H22N2O5S.